The highest BCUT2D eigenvalue weighted by Gasteiger charge is 2.23. The van der Waals surface area contributed by atoms with E-state index in [4.69, 9.17) is 0 Å². The molecule has 2 N–H and O–H groups in total. The van der Waals surface area contributed by atoms with Gasteiger partial charge >= 0.3 is 5.97 Å². The molecule has 1 amide bonds. The summed E-state index contributed by atoms with van der Waals surface area (Å²) in [6.45, 7) is 0.264. The van der Waals surface area contributed by atoms with Crippen LogP contribution in [-0.2, 0) is 6.54 Å². The fourth-order valence-corrected chi connectivity index (χ4v) is 3.52. The van der Waals surface area contributed by atoms with Gasteiger partial charge in [-0.15, -0.1) is 5.10 Å². The number of nitrogens with one attached hydrogen (secondary N) is 1. The van der Waals surface area contributed by atoms with Gasteiger partial charge in [0.2, 0.25) is 0 Å². The van der Waals surface area contributed by atoms with Crippen LogP contribution in [0.2, 0.25) is 0 Å². The van der Waals surface area contributed by atoms with Gasteiger partial charge in [0.25, 0.3) is 5.91 Å². The number of benzene rings is 2. The van der Waals surface area contributed by atoms with E-state index in [2.05, 4.69) is 20.5 Å². The summed E-state index contributed by atoms with van der Waals surface area (Å²) in [5.41, 5.74) is 2.58. The van der Waals surface area contributed by atoms with Crippen molar-refractivity contribution in [2.75, 3.05) is 5.32 Å². The summed E-state index contributed by atoms with van der Waals surface area (Å²) >= 11 is 0. The fraction of sp³-hybridized carbons (Fsp3) is 0.0417. The van der Waals surface area contributed by atoms with Crippen molar-refractivity contribution in [2.24, 2.45) is 0 Å². The second kappa shape index (κ2) is 8.39. The van der Waals surface area contributed by atoms with Crippen molar-refractivity contribution < 1.29 is 14.7 Å². The summed E-state index contributed by atoms with van der Waals surface area (Å²) in [7, 11) is 0. The number of pyridine rings is 1. The van der Waals surface area contributed by atoms with Crippen LogP contribution >= 0.6 is 0 Å². The van der Waals surface area contributed by atoms with E-state index < -0.39 is 11.9 Å². The lowest BCUT2D eigenvalue weighted by Gasteiger charge is -2.10. The smallest absolute Gasteiger partial charge is 0.339 e. The van der Waals surface area contributed by atoms with Crippen LogP contribution in [0.1, 0.15) is 26.4 Å². The SMILES string of the molecule is O=C(O)c1cnn(Cc2ccccc2)c1C(=O)Nc1ccn2nc(-c3ccccc3)nc2c1. The van der Waals surface area contributed by atoms with Crippen LogP contribution in [0.25, 0.3) is 17.0 Å². The highest BCUT2D eigenvalue weighted by atomic mass is 16.4. The summed E-state index contributed by atoms with van der Waals surface area (Å²) < 4.78 is 3.00. The van der Waals surface area contributed by atoms with Crippen molar-refractivity contribution in [3.05, 3.63) is 102 Å². The number of amides is 1. The third kappa shape index (κ3) is 4.07. The molecule has 0 spiro atoms. The molecule has 0 aliphatic rings. The highest BCUT2D eigenvalue weighted by Crippen LogP contribution is 2.19. The maximum atomic E-state index is 13.1. The molecule has 33 heavy (non-hydrogen) atoms. The number of carboxylic acid groups (broad SMARTS) is 1. The predicted octanol–water partition coefficient (Wildman–Crippen LogP) is 3.59. The van der Waals surface area contributed by atoms with Crippen LogP contribution in [0.3, 0.4) is 0 Å². The number of aromatic nitrogens is 5. The molecule has 3 heterocycles. The lowest BCUT2D eigenvalue weighted by molar-refractivity contribution is 0.0692. The number of aromatic carboxylic acids is 1. The predicted molar refractivity (Wildman–Crippen MR) is 121 cm³/mol. The van der Waals surface area contributed by atoms with E-state index in [1.807, 2.05) is 60.7 Å². The van der Waals surface area contributed by atoms with E-state index in [-0.39, 0.29) is 17.8 Å². The first kappa shape index (κ1) is 20.1. The third-order valence-electron chi connectivity index (χ3n) is 5.09. The molecule has 9 heteroatoms. The van der Waals surface area contributed by atoms with Crippen LogP contribution < -0.4 is 5.32 Å². The quantitative estimate of drug-likeness (QED) is 0.419. The Morgan fingerprint density at radius 2 is 1.70 bits per heavy atom. The molecule has 162 valence electrons. The molecule has 0 bridgehead atoms. The van der Waals surface area contributed by atoms with Gasteiger partial charge in [0.1, 0.15) is 11.3 Å². The van der Waals surface area contributed by atoms with Crippen molar-refractivity contribution in [1.82, 2.24) is 24.4 Å². The minimum atomic E-state index is -1.22. The molecule has 0 atom stereocenters. The van der Waals surface area contributed by atoms with Crippen molar-refractivity contribution in [1.29, 1.82) is 0 Å². The van der Waals surface area contributed by atoms with E-state index in [1.165, 1.54) is 10.9 Å². The Kier molecular flexibility index (Phi) is 5.12. The number of rotatable bonds is 6. The van der Waals surface area contributed by atoms with E-state index in [9.17, 15) is 14.7 Å². The molecule has 5 aromatic rings. The van der Waals surface area contributed by atoms with Gasteiger partial charge < -0.3 is 10.4 Å². The van der Waals surface area contributed by atoms with Gasteiger partial charge in [-0.05, 0) is 11.6 Å². The molecule has 0 aliphatic heterocycles. The zero-order chi connectivity index (χ0) is 22.8. The maximum absolute atomic E-state index is 13.1. The summed E-state index contributed by atoms with van der Waals surface area (Å²) in [6, 6.07) is 22.3. The molecule has 0 saturated heterocycles. The first-order chi connectivity index (χ1) is 16.1. The molecule has 0 radical (unpaired) electrons. The second-order valence-corrected chi connectivity index (χ2v) is 7.33. The van der Waals surface area contributed by atoms with Crippen LogP contribution in [0.5, 0.6) is 0 Å². The molecule has 9 nitrogen and oxygen atoms in total. The average Bonchev–Trinajstić information content (AvgIpc) is 3.44. The largest absolute Gasteiger partial charge is 0.478 e. The molecule has 3 aromatic heterocycles. The zero-order valence-electron chi connectivity index (χ0n) is 17.3. The van der Waals surface area contributed by atoms with Crippen LogP contribution in [-0.4, -0.2) is 41.4 Å². The average molecular weight is 438 g/mol. The summed E-state index contributed by atoms with van der Waals surface area (Å²) in [5.74, 6) is -1.24. The number of hydrogen-bond donors (Lipinski definition) is 2. The minimum Gasteiger partial charge on any atom is -0.478 e. The Balaban J connectivity index is 1.44. The molecule has 0 aliphatic carbocycles. The van der Waals surface area contributed by atoms with E-state index in [0.29, 0.717) is 17.2 Å². The summed E-state index contributed by atoms with van der Waals surface area (Å²) in [6.07, 6.45) is 2.87. The zero-order valence-corrected chi connectivity index (χ0v) is 17.3. The van der Waals surface area contributed by atoms with Gasteiger partial charge in [-0.2, -0.15) is 5.10 Å². The lowest BCUT2D eigenvalue weighted by Crippen LogP contribution is -2.21. The third-order valence-corrected chi connectivity index (χ3v) is 5.09. The first-order valence-corrected chi connectivity index (χ1v) is 10.1. The van der Waals surface area contributed by atoms with Gasteiger partial charge in [0.05, 0.1) is 12.7 Å². The lowest BCUT2D eigenvalue weighted by atomic mass is 10.2. The monoisotopic (exact) mass is 438 g/mol. The van der Waals surface area contributed by atoms with Crippen molar-refractivity contribution >= 4 is 23.2 Å². The van der Waals surface area contributed by atoms with Gasteiger partial charge in [-0.25, -0.2) is 14.3 Å². The Morgan fingerprint density at radius 3 is 2.42 bits per heavy atom. The van der Waals surface area contributed by atoms with Crippen LogP contribution in [0, 0.1) is 0 Å². The van der Waals surface area contributed by atoms with Gasteiger partial charge in [0, 0.05) is 23.5 Å². The molecular weight excluding hydrogens is 420 g/mol. The Morgan fingerprint density at radius 1 is 0.970 bits per heavy atom. The van der Waals surface area contributed by atoms with Crippen molar-refractivity contribution in [3.8, 4) is 11.4 Å². The number of fused-ring (bicyclic) bond motifs is 1. The van der Waals surface area contributed by atoms with Crippen molar-refractivity contribution in [2.45, 2.75) is 6.54 Å². The molecule has 5 rings (SSSR count). The number of anilines is 1. The van der Waals surface area contributed by atoms with Gasteiger partial charge in [-0.3, -0.25) is 9.48 Å². The van der Waals surface area contributed by atoms with Crippen LogP contribution in [0.15, 0.2) is 85.2 Å². The van der Waals surface area contributed by atoms with E-state index >= 15 is 0 Å². The molecule has 0 saturated carbocycles. The fourth-order valence-electron chi connectivity index (χ4n) is 3.52. The number of nitrogens with zero attached hydrogens (tertiary/aromatic N) is 5. The molecule has 2 aromatic carbocycles. The maximum Gasteiger partial charge on any atom is 0.339 e. The normalized spacial score (nSPS) is 10.9. The number of carboxylic acids is 1. The number of carbonyl (C=O) groups is 2. The minimum absolute atomic E-state index is 0.0299. The summed E-state index contributed by atoms with van der Waals surface area (Å²) in [5, 5.41) is 20.9. The Hall–Kier alpha value is -4.79. The topological polar surface area (TPSA) is 114 Å². The highest BCUT2D eigenvalue weighted by molar-refractivity contribution is 6.09. The number of carbonyl (C=O) groups excluding carboxylic acids is 1. The standard InChI is InChI=1S/C24H18N6O3/c31-23(21-19(24(32)33)14-25-30(21)15-16-7-3-1-4-8-16)26-18-11-12-29-20(13-18)27-22(28-29)17-9-5-2-6-10-17/h1-14H,15H2,(H,26,31)(H,32,33). The molecular formula is C24H18N6O3. The first-order valence-electron chi connectivity index (χ1n) is 10.1. The Bertz CT molecular complexity index is 1460. The van der Waals surface area contributed by atoms with Crippen molar-refractivity contribution in [3.63, 3.8) is 0 Å². The molecule has 0 unspecified atom stereocenters. The van der Waals surface area contributed by atoms with Gasteiger partial charge in [0.15, 0.2) is 11.5 Å². The molecule has 0 fully saturated rings. The second-order valence-electron chi connectivity index (χ2n) is 7.33. The summed E-state index contributed by atoms with van der Waals surface area (Å²) in [4.78, 5) is 29.3. The Labute approximate surface area is 187 Å². The number of hydrogen-bond acceptors (Lipinski definition) is 5. The van der Waals surface area contributed by atoms with Crippen LogP contribution in [0.4, 0.5) is 5.69 Å². The van der Waals surface area contributed by atoms with Gasteiger partial charge in [-0.1, -0.05) is 60.7 Å². The van der Waals surface area contributed by atoms with E-state index in [1.54, 1.807) is 22.8 Å². The van der Waals surface area contributed by atoms with E-state index in [0.717, 1.165) is 11.1 Å².